The van der Waals surface area contributed by atoms with Crippen molar-refractivity contribution in [3.8, 4) is 0 Å². The van der Waals surface area contributed by atoms with Gasteiger partial charge in [-0.05, 0) is 23.9 Å². The lowest BCUT2D eigenvalue weighted by molar-refractivity contribution is -0.0327. The molecular formula is C11H11F3N4S. The quantitative estimate of drug-likeness (QED) is 0.878. The molecule has 0 radical (unpaired) electrons. The molecule has 102 valence electrons. The third-order valence-electron chi connectivity index (χ3n) is 2.22. The van der Waals surface area contributed by atoms with E-state index in [1.807, 2.05) is 0 Å². The molecule has 0 fully saturated rings. The van der Waals surface area contributed by atoms with Crippen molar-refractivity contribution in [3.63, 3.8) is 0 Å². The second-order valence-corrected chi connectivity index (χ2v) is 4.89. The standard InChI is InChI=1S/C11H11F3N4S/c1-18-7-8(16-17-18)6-15-9-4-2-3-5-10(9)19-11(12,13)14/h2-5,7,15H,6H2,1H3. The van der Waals surface area contributed by atoms with Gasteiger partial charge in [0.2, 0.25) is 0 Å². The molecule has 0 saturated carbocycles. The largest absolute Gasteiger partial charge is 0.446 e. The Morgan fingerprint density at radius 1 is 1.32 bits per heavy atom. The van der Waals surface area contributed by atoms with Crippen LogP contribution in [-0.4, -0.2) is 20.5 Å². The van der Waals surface area contributed by atoms with Crippen molar-refractivity contribution in [1.82, 2.24) is 15.0 Å². The van der Waals surface area contributed by atoms with Gasteiger partial charge in [-0.15, -0.1) is 5.10 Å². The molecule has 0 aliphatic heterocycles. The molecule has 0 atom stereocenters. The fraction of sp³-hybridized carbons (Fsp3) is 0.273. The van der Waals surface area contributed by atoms with Crippen LogP contribution in [0.15, 0.2) is 35.4 Å². The average Bonchev–Trinajstić information content (AvgIpc) is 2.72. The van der Waals surface area contributed by atoms with Gasteiger partial charge in [0.25, 0.3) is 0 Å². The minimum atomic E-state index is -4.30. The van der Waals surface area contributed by atoms with Crippen LogP contribution in [0.3, 0.4) is 0 Å². The fourth-order valence-corrected chi connectivity index (χ4v) is 2.13. The van der Waals surface area contributed by atoms with Gasteiger partial charge < -0.3 is 5.32 Å². The lowest BCUT2D eigenvalue weighted by atomic mass is 10.3. The van der Waals surface area contributed by atoms with E-state index in [0.717, 1.165) is 0 Å². The van der Waals surface area contributed by atoms with Gasteiger partial charge in [0.1, 0.15) is 5.69 Å². The number of nitrogens with one attached hydrogen (secondary N) is 1. The van der Waals surface area contributed by atoms with Crippen LogP contribution in [0, 0.1) is 0 Å². The van der Waals surface area contributed by atoms with E-state index in [-0.39, 0.29) is 16.7 Å². The predicted octanol–water partition coefficient (Wildman–Crippen LogP) is 3.04. The number of aryl methyl sites for hydroxylation is 1. The van der Waals surface area contributed by atoms with E-state index >= 15 is 0 Å². The third-order valence-corrected chi connectivity index (χ3v) is 3.03. The molecule has 19 heavy (non-hydrogen) atoms. The zero-order valence-corrected chi connectivity index (χ0v) is 10.8. The van der Waals surface area contributed by atoms with Crippen molar-refractivity contribution >= 4 is 17.4 Å². The molecule has 0 saturated heterocycles. The molecular weight excluding hydrogens is 277 g/mol. The van der Waals surface area contributed by atoms with Crippen molar-refractivity contribution in [2.45, 2.75) is 16.9 Å². The highest BCUT2D eigenvalue weighted by molar-refractivity contribution is 8.00. The van der Waals surface area contributed by atoms with Gasteiger partial charge in [0.05, 0.1) is 6.54 Å². The summed E-state index contributed by atoms with van der Waals surface area (Å²) in [5, 5.41) is 10.5. The van der Waals surface area contributed by atoms with Crippen molar-refractivity contribution in [2.75, 3.05) is 5.32 Å². The van der Waals surface area contributed by atoms with Gasteiger partial charge in [-0.1, -0.05) is 17.3 Å². The van der Waals surface area contributed by atoms with Gasteiger partial charge in [-0.2, -0.15) is 13.2 Å². The molecule has 4 nitrogen and oxygen atoms in total. The molecule has 0 amide bonds. The van der Waals surface area contributed by atoms with Crippen molar-refractivity contribution in [1.29, 1.82) is 0 Å². The molecule has 0 aliphatic rings. The van der Waals surface area contributed by atoms with Gasteiger partial charge in [-0.3, -0.25) is 4.68 Å². The lowest BCUT2D eigenvalue weighted by Crippen LogP contribution is -2.04. The second kappa shape index (κ2) is 5.52. The van der Waals surface area contributed by atoms with Crippen LogP contribution in [0.4, 0.5) is 18.9 Å². The van der Waals surface area contributed by atoms with E-state index in [1.54, 1.807) is 31.4 Å². The highest BCUT2D eigenvalue weighted by Crippen LogP contribution is 2.40. The number of thioether (sulfide) groups is 1. The number of anilines is 1. The number of benzene rings is 1. The molecule has 2 rings (SSSR count). The van der Waals surface area contributed by atoms with E-state index in [2.05, 4.69) is 15.6 Å². The summed E-state index contributed by atoms with van der Waals surface area (Å²) in [6.45, 7) is 0.323. The Hall–Kier alpha value is -1.70. The topological polar surface area (TPSA) is 42.7 Å². The number of alkyl halides is 3. The van der Waals surface area contributed by atoms with Crippen LogP contribution in [-0.2, 0) is 13.6 Å². The van der Waals surface area contributed by atoms with Crippen LogP contribution in [0.5, 0.6) is 0 Å². The maximum atomic E-state index is 12.4. The first-order valence-corrected chi connectivity index (χ1v) is 6.19. The Morgan fingerprint density at radius 3 is 2.68 bits per heavy atom. The lowest BCUT2D eigenvalue weighted by Gasteiger charge is -2.11. The van der Waals surface area contributed by atoms with Crippen LogP contribution >= 0.6 is 11.8 Å². The maximum absolute atomic E-state index is 12.4. The van der Waals surface area contributed by atoms with Gasteiger partial charge in [0.15, 0.2) is 0 Å². The first-order valence-electron chi connectivity index (χ1n) is 5.38. The van der Waals surface area contributed by atoms with Crippen molar-refractivity contribution in [2.24, 2.45) is 7.05 Å². The van der Waals surface area contributed by atoms with E-state index in [0.29, 0.717) is 17.9 Å². The van der Waals surface area contributed by atoms with E-state index < -0.39 is 5.51 Å². The first-order chi connectivity index (χ1) is 8.94. The van der Waals surface area contributed by atoms with Gasteiger partial charge in [-0.25, -0.2) is 0 Å². The Bertz CT molecular complexity index is 553. The van der Waals surface area contributed by atoms with E-state index in [4.69, 9.17) is 0 Å². The molecule has 1 N–H and O–H groups in total. The number of halogens is 3. The molecule has 8 heteroatoms. The summed E-state index contributed by atoms with van der Waals surface area (Å²) in [6, 6.07) is 6.28. The molecule has 1 aromatic carbocycles. The molecule has 1 heterocycles. The van der Waals surface area contributed by atoms with Crippen molar-refractivity contribution in [3.05, 3.63) is 36.2 Å². The summed E-state index contributed by atoms with van der Waals surface area (Å²) >= 11 is -0.136. The molecule has 2 aromatic rings. The molecule has 0 spiro atoms. The Kier molecular flexibility index (Phi) is 3.98. The molecule has 0 aliphatic carbocycles. The molecule has 0 unspecified atom stereocenters. The number of hydrogen-bond acceptors (Lipinski definition) is 4. The number of para-hydroxylation sites is 1. The van der Waals surface area contributed by atoms with Crippen LogP contribution in [0.1, 0.15) is 5.69 Å². The summed E-state index contributed by atoms with van der Waals surface area (Å²) in [7, 11) is 1.73. The number of rotatable bonds is 4. The Labute approximate surface area is 112 Å². The van der Waals surface area contributed by atoms with Crippen LogP contribution in [0.25, 0.3) is 0 Å². The highest BCUT2D eigenvalue weighted by atomic mass is 32.2. The normalized spacial score (nSPS) is 11.6. The fourth-order valence-electron chi connectivity index (χ4n) is 1.49. The summed E-state index contributed by atoms with van der Waals surface area (Å²) in [4.78, 5) is 0.138. The monoisotopic (exact) mass is 288 g/mol. The zero-order valence-electron chi connectivity index (χ0n) is 9.98. The van der Waals surface area contributed by atoms with E-state index in [1.165, 1.54) is 10.7 Å². The van der Waals surface area contributed by atoms with Crippen molar-refractivity contribution < 1.29 is 13.2 Å². The van der Waals surface area contributed by atoms with Crippen LogP contribution < -0.4 is 5.32 Å². The second-order valence-electron chi connectivity index (χ2n) is 3.78. The zero-order chi connectivity index (χ0) is 13.9. The number of nitrogens with zero attached hydrogens (tertiary/aromatic N) is 3. The summed E-state index contributed by atoms with van der Waals surface area (Å²) in [5.74, 6) is 0. The van der Waals surface area contributed by atoms with Crippen LogP contribution in [0.2, 0.25) is 0 Å². The van der Waals surface area contributed by atoms with Gasteiger partial charge in [0, 0.05) is 23.8 Å². The molecule has 1 aromatic heterocycles. The summed E-state index contributed by atoms with van der Waals surface area (Å²) in [5.41, 5.74) is -3.21. The summed E-state index contributed by atoms with van der Waals surface area (Å²) in [6.07, 6.45) is 1.70. The minimum absolute atomic E-state index is 0.136. The third kappa shape index (κ3) is 4.16. The number of aromatic nitrogens is 3. The van der Waals surface area contributed by atoms with Gasteiger partial charge >= 0.3 is 5.51 Å². The SMILES string of the molecule is Cn1cc(CNc2ccccc2SC(F)(F)F)nn1. The average molecular weight is 288 g/mol. The summed E-state index contributed by atoms with van der Waals surface area (Å²) < 4.78 is 38.7. The molecule has 0 bridgehead atoms. The predicted molar refractivity (Wildman–Crippen MR) is 66.7 cm³/mol. The smallest absolute Gasteiger partial charge is 0.378 e. The minimum Gasteiger partial charge on any atom is -0.378 e. The maximum Gasteiger partial charge on any atom is 0.446 e. The Balaban J connectivity index is 2.07. The Morgan fingerprint density at radius 2 is 2.05 bits per heavy atom. The number of hydrogen-bond donors (Lipinski definition) is 1. The first kappa shape index (κ1) is 13.7. The van der Waals surface area contributed by atoms with E-state index in [9.17, 15) is 13.2 Å². The highest BCUT2D eigenvalue weighted by Gasteiger charge is 2.30.